The monoisotopic (exact) mass is 750 g/mol. The van der Waals surface area contributed by atoms with E-state index in [1.807, 2.05) is 49.2 Å². The standard InChI is InChI=1S/2C19H20F3N5/c2*1-9(2)27-16(17-12-5-11(24-3)6-13(12)17)7-15(26-27)10-4-14(19(20,21)22)18(23)25-8-10/h2*4,7-9,11-13,17H,5-6H2,1-2H3,(H2,23,25)/t2*11?,12-,13+,17?. The van der Waals surface area contributed by atoms with Gasteiger partial charge >= 0.3 is 12.4 Å². The minimum absolute atomic E-state index is 0.0931. The van der Waals surface area contributed by atoms with Crippen LogP contribution in [0.1, 0.15) is 99.8 Å². The van der Waals surface area contributed by atoms with Crippen LogP contribution in [0.5, 0.6) is 0 Å². The van der Waals surface area contributed by atoms with E-state index < -0.39 is 35.1 Å². The molecule has 4 aromatic rings. The van der Waals surface area contributed by atoms with Crippen LogP contribution < -0.4 is 11.5 Å². The maximum atomic E-state index is 13.2. The summed E-state index contributed by atoms with van der Waals surface area (Å²) in [7, 11) is 0. The Balaban J connectivity index is 0.000000167. The third-order valence-electron chi connectivity index (χ3n) is 11.4. The molecule has 0 aromatic carbocycles. The van der Waals surface area contributed by atoms with E-state index in [2.05, 4.69) is 29.9 Å². The first kappa shape index (κ1) is 37.2. The van der Waals surface area contributed by atoms with Crippen molar-refractivity contribution in [2.75, 3.05) is 11.5 Å². The van der Waals surface area contributed by atoms with E-state index >= 15 is 0 Å². The van der Waals surface area contributed by atoms with Gasteiger partial charge in [-0.3, -0.25) is 9.36 Å². The normalized spacial score (nSPS) is 26.9. The van der Waals surface area contributed by atoms with Crippen molar-refractivity contribution in [3.05, 3.63) is 82.0 Å². The first-order valence-electron chi connectivity index (χ1n) is 18.0. The second kappa shape index (κ2) is 13.3. The van der Waals surface area contributed by atoms with Crippen molar-refractivity contribution in [3.8, 4) is 22.5 Å². The van der Waals surface area contributed by atoms with Crippen molar-refractivity contribution in [1.29, 1.82) is 0 Å². The summed E-state index contributed by atoms with van der Waals surface area (Å²) in [6, 6.07) is 6.20. The molecule has 4 aromatic heterocycles. The van der Waals surface area contributed by atoms with Crippen LogP contribution in [-0.4, -0.2) is 41.6 Å². The van der Waals surface area contributed by atoms with Crippen molar-refractivity contribution in [3.63, 3.8) is 0 Å². The molecule has 0 bridgehead atoms. The Morgan fingerprint density at radius 3 is 1.24 bits per heavy atom. The Morgan fingerprint density at radius 1 is 0.630 bits per heavy atom. The summed E-state index contributed by atoms with van der Waals surface area (Å²) in [4.78, 5) is 14.7. The molecule has 54 heavy (non-hydrogen) atoms. The molecular weight excluding hydrogens is 710 g/mol. The Bertz CT molecular complexity index is 1980. The largest absolute Gasteiger partial charge is 0.419 e. The van der Waals surface area contributed by atoms with E-state index in [1.165, 1.54) is 12.4 Å². The van der Waals surface area contributed by atoms with Gasteiger partial charge in [0.15, 0.2) is 0 Å². The number of nitrogens with two attached hydrogens (primary N) is 2. The molecule has 4 saturated carbocycles. The third-order valence-corrected chi connectivity index (χ3v) is 11.4. The van der Waals surface area contributed by atoms with Gasteiger partial charge in [0.2, 0.25) is 12.1 Å². The Hall–Kier alpha value is -5.12. The molecule has 0 spiro atoms. The second-order valence-corrected chi connectivity index (χ2v) is 15.5. The van der Waals surface area contributed by atoms with Gasteiger partial charge in [-0.15, -0.1) is 0 Å². The predicted molar refractivity (Wildman–Crippen MR) is 189 cm³/mol. The number of hydrogen-bond acceptors (Lipinski definition) is 6. The number of alkyl halides is 6. The summed E-state index contributed by atoms with van der Waals surface area (Å²) in [5.41, 5.74) is 12.6. The van der Waals surface area contributed by atoms with Crippen LogP contribution in [-0.2, 0) is 12.4 Å². The van der Waals surface area contributed by atoms with E-state index in [9.17, 15) is 26.3 Å². The molecule has 4 fully saturated rings. The van der Waals surface area contributed by atoms with Crippen LogP contribution in [0.3, 0.4) is 0 Å². The predicted octanol–water partition coefficient (Wildman–Crippen LogP) is 9.08. The summed E-state index contributed by atoms with van der Waals surface area (Å²) in [5.74, 6) is 1.57. The highest BCUT2D eigenvalue weighted by atomic mass is 19.4. The number of aromatic nitrogens is 6. The Kier molecular flexibility index (Phi) is 9.18. The minimum Gasteiger partial charge on any atom is -0.383 e. The molecule has 4 aliphatic carbocycles. The molecule has 0 aliphatic heterocycles. The van der Waals surface area contributed by atoms with E-state index in [4.69, 9.17) is 24.6 Å². The molecule has 0 amide bonds. The summed E-state index contributed by atoms with van der Waals surface area (Å²) in [6.07, 6.45) is -2.83. The zero-order valence-corrected chi connectivity index (χ0v) is 30.1. The minimum atomic E-state index is -4.56. The zero-order chi connectivity index (χ0) is 39.0. The van der Waals surface area contributed by atoms with Gasteiger partial charge < -0.3 is 21.2 Å². The van der Waals surface area contributed by atoms with Crippen LogP contribution >= 0.6 is 0 Å². The molecule has 4 unspecified atom stereocenters. The molecule has 4 aliphatic rings. The van der Waals surface area contributed by atoms with Gasteiger partial charge in [-0.1, -0.05) is 0 Å². The molecule has 0 radical (unpaired) electrons. The van der Waals surface area contributed by atoms with Gasteiger partial charge in [0.1, 0.15) is 11.6 Å². The Morgan fingerprint density at radius 2 is 0.963 bits per heavy atom. The van der Waals surface area contributed by atoms with Crippen molar-refractivity contribution in [2.45, 2.75) is 102 Å². The molecule has 10 nitrogen and oxygen atoms in total. The summed E-state index contributed by atoms with van der Waals surface area (Å²) in [6.45, 7) is 22.4. The highest BCUT2D eigenvalue weighted by Crippen LogP contribution is 2.65. The smallest absolute Gasteiger partial charge is 0.383 e. The van der Waals surface area contributed by atoms with E-state index in [0.29, 0.717) is 58.0 Å². The quantitative estimate of drug-likeness (QED) is 0.150. The van der Waals surface area contributed by atoms with Crippen LogP contribution in [0.25, 0.3) is 32.2 Å². The van der Waals surface area contributed by atoms with Gasteiger partial charge in [-0.2, -0.15) is 36.5 Å². The highest BCUT2D eigenvalue weighted by Gasteiger charge is 2.61. The molecule has 0 saturated heterocycles. The SMILES string of the molecule is [C-]#[N+]C1C[C@@H]2C(c3cc(-c4cnc(N)c(C(F)(F)F)c4)nn3C(C)C)[C@@H]2C1.[C-]#[N+]C1C[C@@H]2C(c3cc(-c4cnc(N)c(C(F)(F)F)c4)nn3C(C)C)[C@@H]2C1. The maximum absolute atomic E-state index is 13.2. The van der Waals surface area contributed by atoms with Gasteiger partial charge in [-0.05, 0) is 75.6 Å². The van der Waals surface area contributed by atoms with Gasteiger partial charge in [0.05, 0.1) is 22.5 Å². The molecule has 284 valence electrons. The average molecular weight is 751 g/mol. The zero-order valence-electron chi connectivity index (χ0n) is 30.1. The lowest BCUT2D eigenvalue weighted by molar-refractivity contribution is -0.137. The van der Waals surface area contributed by atoms with E-state index in [0.717, 1.165) is 49.2 Å². The molecule has 16 heteroatoms. The van der Waals surface area contributed by atoms with Crippen LogP contribution in [0.2, 0.25) is 0 Å². The third kappa shape index (κ3) is 6.75. The molecule has 8 atom stereocenters. The lowest BCUT2D eigenvalue weighted by Crippen LogP contribution is -2.11. The van der Waals surface area contributed by atoms with Gasteiger partial charge in [-0.25, -0.2) is 23.1 Å². The number of fused-ring (bicyclic) bond motifs is 2. The first-order valence-corrected chi connectivity index (χ1v) is 18.0. The van der Waals surface area contributed by atoms with Crippen LogP contribution in [0.4, 0.5) is 38.0 Å². The number of halogens is 6. The Labute approximate surface area is 308 Å². The van der Waals surface area contributed by atoms with Gasteiger partial charge in [0, 0.05) is 84.5 Å². The molecule has 4 N–H and O–H groups in total. The van der Waals surface area contributed by atoms with Crippen LogP contribution in [0, 0.1) is 36.8 Å². The number of pyridine rings is 2. The first-order chi connectivity index (χ1) is 25.4. The number of nitrogens with zero attached hydrogens (tertiary/aromatic N) is 8. The molecule has 8 rings (SSSR count). The topological polar surface area (TPSA) is 122 Å². The fourth-order valence-electron chi connectivity index (χ4n) is 8.82. The second-order valence-electron chi connectivity index (χ2n) is 15.5. The number of nitrogen functional groups attached to an aromatic ring is 2. The van der Waals surface area contributed by atoms with Crippen molar-refractivity contribution < 1.29 is 26.3 Å². The van der Waals surface area contributed by atoms with Crippen molar-refractivity contribution in [2.24, 2.45) is 23.7 Å². The van der Waals surface area contributed by atoms with Crippen LogP contribution in [0.15, 0.2) is 36.7 Å². The number of hydrogen-bond donors (Lipinski definition) is 2. The van der Waals surface area contributed by atoms with E-state index in [1.54, 1.807) is 0 Å². The van der Waals surface area contributed by atoms with E-state index in [-0.39, 0.29) is 24.2 Å². The lowest BCUT2D eigenvalue weighted by atomic mass is 10.0. The number of rotatable bonds is 6. The molecular formula is C38H40F6N10. The summed E-state index contributed by atoms with van der Waals surface area (Å²) < 4.78 is 82.7. The molecule has 4 heterocycles. The lowest BCUT2D eigenvalue weighted by Gasteiger charge is -2.12. The maximum Gasteiger partial charge on any atom is 0.419 e. The summed E-state index contributed by atoms with van der Waals surface area (Å²) >= 11 is 0. The fourth-order valence-corrected chi connectivity index (χ4v) is 8.82. The number of anilines is 2. The summed E-state index contributed by atoms with van der Waals surface area (Å²) in [5, 5.41) is 9.14. The average Bonchev–Trinajstić information content (AvgIpc) is 3.57. The van der Waals surface area contributed by atoms with Crippen molar-refractivity contribution in [1.82, 2.24) is 29.5 Å². The highest BCUT2D eigenvalue weighted by molar-refractivity contribution is 5.64. The fraction of sp³-hybridized carbons (Fsp3) is 0.526. The van der Waals surface area contributed by atoms with Gasteiger partial charge in [0.25, 0.3) is 0 Å². The van der Waals surface area contributed by atoms with Crippen molar-refractivity contribution >= 4 is 11.6 Å².